The molecular formula is C14H27BrO2. The highest BCUT2D eigenvalue weighted by Gasteiger charge is 2.03. The van der Waals surface area contributed by atoms with E-state index < -0.39 is 0 Å². The van der Waals surface area contributed by atoms with Gasteiger partial charge in [-0.1, -0.05) is 47.3 Å². The van der Waals surface area contributed by atoms with Gasteiger partial charge in [-0.05, 0) is 32.1 Å². The highest BCUT2D eigenvalue weighted by molar-refractivity contribution is 9.09. The number of methoxy groups -OCH3 is 2. The van der Waals surface area contributed by atoms with E-state index in [0.717, 1.165) is 18.2 Å². The van der Waals surface area contributed by atoms with Crippen molar-refractivity contribution >= 4 is 15.9 Å². The van der Waals surface area contributed by atoms with Gasteiger partial charge in [-0.2, -0.15) is 0 Å². The summed E-state index contributed by atoms with van der Waals surface area (Å²) in [6.07, 6.45) is 14.4. The standard InChI is InChI=1S/C14H27BrO2/c1-16-14(17-2)12-10-8-6-4-3-5-7-9-11-13-15/h7,9,14H,3-6,8,10-13H2,1-2H3/b9-7-. The van der Waals surface area contributed by atoms with Gasteiger partial charge in [-0.25, -0.2) is 0 Å². The topological polar surface area (TPSA) is 18.5 Å². The zero-order chi connectivity index (χ0) is 12.8. The molecule has 0 bridgehead atoms. The van der Waals surface area contributed by atoms with Gasteiger partial charge < -0.3 is 9.47 Å². The van der Waals surface area contributed by atoms with Crippen LogP contribution in [-0.2, 0) is 9.47 Å². The van der Waals surface area contributed by atoms with Crippen molar-refractivity contribution < 1.29 is 9.47 Å². The van der Waals surface area contributed by atoms with Gasteiger partial charge in [-0.3, -0.25) is 0 Å². The predicted molar refractivity (Wildman–Crippen MR) is 77.7 cm³/mol. The van der Waals surface area contributed by atoms with Crippen molar-refractivity contribution in [2.24, 2.45) is 0 Å². The van der Waals surface area contributed by atoms with E-state index in [1.165, 1.54) is 38.5 Å². The van der Waals surface area contributed by atoms with Crippen molar-refractivity contribution in [3.05, 3.63) is 12.2 Å². The van der Waals surface area contributed by atoms with E-state index in [4.69, 9.17) is 9.47 Å². The smallest absolute Gasteiger partial charge is 0.156 e. The average Bonchev–Trinajstić information content (AvgIpc) is 2.36. The van der Waals surface area contributed by atoms with Crippen LogP contribution in [0.3, 0.4) is 0 Å². The summed E-state index contributed by atoms with van der Waals surface area (Å²) in [6, 6.07) is 0. The molecule has 102 valence electrons. The maximum atomic E-state index is 5.15. The molecule has 0 saturated carbocycles. The summed E-state index contributed by atoms with van der Waals surface area (Å²) in [5, 5.41) is 1.07. The lowest BCUT2D eigenvalue weighted by Gasteiger charge is -2.12. The molecule has 0 fully saturated rings. The minimum absolute atomic E-state index is 0.0119. The molecule has 0 aromatic heterocycles. The normalized spacial score (nSPS) is 11.8. The molecule has 0 unspecified atom stereocenters. The molecule has 0 N–H and O–H groups in total. The van der Waals surface area contributed by atoms with Gasteiger partial charge in [-0.15, -0.1) is 0 Å². The second-order valence-corrected chi connectivity index (χ2v) is 4.99. The predicted octanol–water partition coefficient (Wildman–Crippen LogP) is 4.68. The number of hydrogen-bond donors (Lipinski definition) is 0. The van der Waals surface area contributed by atoms with E-state index >= 15 is 0 Å². The quantitative estimate of drug-likeness (QED) is 0.226. The molecule has 0 spiro atoms. The Morgan fingerprint density at radius 1 is 0.882 bits per heavy atom. The van der Waals surface area contributed by atoms with Crippen LogP contribution >= 0.6 is 15.9 Å². The van der Waals surface area contributed by atoms with Crippen molar-refractivity contribution in [3.8, 4) is 0 Å². The van der Waals surface area contributed by atoms with Crippen molar-refractivity contribution in [2.45, 2.75) is 57.7 Å². The summed E-state index contributed by atoms with van der Waals surface area (Å²) >= 11 is 3.41. The van der Waals surface area contributed by atoms with Crippen LogP contribution in [0.1, 0.15) is 51.4 Å². The van der Waals surface area contributed by atoms with E-state index in [9.17, 15) is 0 Å². The molecule has 0 aliphatic rings. The molecule has 0 amide bonds. The highest BCUT2D eigenvalue weighted by atomic mass is 79.9. The SMILES string of the molecule is COC(CCCCCCC/C=C\CCBr)OC. The van der Waals surface area contributed by atoms with Gasteiger partial charge in [0.2, 0.25) is 0 Å². The molecular weight excluding hydrogens is 280 g/mol. The third-order valence-corrected chi connectivity index (χ3v) is 3.24. The van der Waals surface area contributed by atoms with Crippen LogP contribution in [0.2, 0.25) is 0 Å². The largest absolute Gasteiger partial charge is 0.356 e. The minimum Gasteiger partial charge on any atom is -0.356 e. The van der Waals surface area contributed by atoms with Crippen molar-refractivity contribution in [3.63, 3.8) is 0 Å². The third kappa shape index (κ3) is 12.4. The summed E-state index contributed by atoms with van der Waals surface area (Å²) in [7, 11) is 3.40. The van der Waals surface area contributed by atoms with Gasteiger partial charge in [0.05, 0.1) is 0 Å². The fourth-order valence-electron chi connectivity index (χ4n) is 1.73. The van der Waals surface area contributed by atoms with Crippen LogP contribution in [0, 0.1) is 0 Å². The first-order valence-corrected chi connectivity index (χ1v) is 7.73. The van der Waals surface area contributed by atoms with Gasteiger partial charge in [0.15, 0.2) is 6.29 Å². The monoisotopic (exact) mass is 306 g/mol. The van der Waals surface area contributed by atoms with Crippen LogP contribution in [0.25, 0.3) is 0 Å². The molecule has 0 heterocycles. The molecule has 0 rings (SSSR count). The minimum atomic E-state index is -0.0119. The zero-order valence-corrected chi connectivity index (χ0v) is 12.9. The van der Waals surface area contributed by atoms with Crippen molar-refractivity contribution in [2.75, 3.05) is 19.5 Å². The average molecular weight is 307 g/mol. The Balaban J connectivity index is 3.13. The Bertz CT molecular complexity index is 168. The highest BCUT2D eigenvalue weighted by Crippen LogP contribution is 2.10. The van der Waals surface area contributed by atoms with Gasteiger partial charge in [0.25, 0.3) is 0 Å². The molecule has 0 aliphatic heterocycles. The molecule has 0 saturated heterocycles. The summed E-state index contributed by atoms with van der Waals surface area (Å²) in [5.41, 5.74) is 0. The molecule has 17 heavy (non-hydrogen) atoms. The number of alkyl halides is 1. The summed E-state index contributed by atoms with van der Waals surface area (Å²) < 4.78 is 10.3. The first kappa shape index (κ1) is 17.1. The fourth-order valence-corrected chi connectivity index (χ4v) is 2.00. The summed E-state index contributed by atoms with van der Waals surface area (Å²) in [6.45, 7) is 0. The summed E-state index contributed by atoms with van der Waals surface area (Å²) in [5.74, 6) is 0. The maximum absolute atomic E-state index is 5.15. The number of ether oxygens (including phenoxy) is 2. The lowest BCUT2D eigenvalue weighted by molar-refractivity contribution is -0.107. The van der Waals surface area contributed by atoms with E-state index in [1.54, 1.807) is 14.2 Å². The van der Waals surface area contributed by atoms with Gasteiger partial charge in [0, 0.05) is 19.5 Å². The number of halogens is 1. The number of unbranched alkanes of at least 4 members (excludes halogenated alkanes) is 5. The van der Waals surface area contributed by atoms with Crippen LogP contribution in [0.5, 0.6) is 0 Å². The first-order chi connectivity index (χ1) is 8.35. The molecule has 0 aliphatic carbocycles. The van der Waals surface area contributed by atoms with Gasteiger partial charge >= 0.3 is 0 Å². The number of hydrogen-bond acceptors (Lipinski definition) is 2. The van der Waals surface area contributed by atoms with E-state index in [-0.39, 0.29) is 6.29 Å². The molecule has 0 aromatic rings. The maximum Gasteiger partial charge on any atom is 0.156 e. The van der Waals surface area contributed by atoms with Crippen LogP contribution < -0.4 is 0 Å². The fraction of sp³-hybridized carbons (Fsp3) is 0.857. The Labute approximate surface area is 115 Å². The zero-order valence-electron chi connectivity index (χ0n) is 11.3. The van der Waals surface area contributed by atoms with Crippen LogP contribution in [0.15, 0.2) is 12.2 Å². The van der Waals surface area contributed by atoms with Crippen molar-refractivity contribution in [1.29, 1.82) is 0 Å². The lowest BCUT2D eigenvalue weighted by atomic mass is 10.1. The van der Waals surface area contributed by atoms with Crippen LogP contribution in [0.4, 0.5) is 0 Å². The molecule has 0 radical (unpaired) electrons. The third-order valence-electron chi connectivity index (χ3n) is 2.78. The first-order valence-electron chi connectivity index (χ1n) is 6.61. The second-order valence-electron chi connectivity index (χ2n) is 4.20. The number of allylic oxidation sites excluding steroid dienone is 2. The van der Waals surface area contributed by atoms with Crippen LogP contribution in [-0.4, -0.2) is 25.8 Å². The Hall–Kier alpha value is 0.140. The molecule has 3 heteroatoms. The Kier molecular flexibility index (Phi) is 14.3. The molecule has 0 aromatic carbocycles. The lowest BCUT2D eigenvalue weighted by Crippen LogP contribution is -2.12. The Morgan fingerprint density at radius 3 is 2.12 bits per heavy atom. The second kappa shape index (κ2) is 14.2. The van der Waals surface area contributed by atoms with E-state index in [0.29, 0.717) is 0 Å². The van der Waals surface area contributed by atoms with Crippen molar-refractivity contribution in [1.82, 2.24) is 0 Å². The summed E-state index contributed by atoms with van der Waals surface area (Å²) in [4.78, 5) is 0. The van der Waals surface area contributed by atoms with Gasteiger partial charge in [0.1, 0.15) is 0 Å². The molecule has 2 nitrogen and oxygen atoms in total. The van der Waals surface area contributed by atoms with E-state index in [2.05, 4.69) is 28.1 Å². The van der Waals surface area contributed by atoms with E-state index in [1.807, 2.05) is 0 Å². The molecule has 0 atom stereocenters. The number of rotatable bonds is 12. The Morgan fingerprint density at radius 2 is 1.47 bits per heavy atom.